The van der Waals surface area contributed by atoms with Crippen molar-refractivity contribution in [3.8, 4) is 0 Å². The monoisotopic (exact) mass is 377 g/mol. The predicted octanol–water partition coefficient (Wildman–Crippen LogP) is 3.94. The third-order valence-electron chi connectivity index (χ3n) is 5.26. The first-order chi connectivity index (χ1) is 13.5. The van der Waals surface area contributed by atoms with Crippen LogP contribution in [0.3, 0.4) is 0 Å². The summed E-state index contributed by atoms with van der Waals surface area (Å²) in [5.41, 5.74) is 2.40. The number of benzene rings is 1. The number of carbonyl (C=O) groups is 2. The minimum Gasteiger partial charge on any atom is -0.451 e. The van der Waals surface area contributed by atoms with Gasteiger partial charge in [-0.2, -0.15) is 0 Å². The minimum atomic E-state index is -0.260. The van der Waals surface area contributed by atoms with Crippen molar-refractivity contribution >= 4 is 28.6 Å². The fourth-order valence-electron chi connectivity index (χ4n) is 3.74. The summed E-state index contributed by atoms with van der Waals surface area (Å²) in [4.78, 5) is 31.8. The lowest BCUT2D eigenvalue weighted by molar-refractivity contribution is -0.121. The number of anilines is 1. The van der Waals surface area contributed by atoms with Crippen LogP contribution in [0.25, 0.3) is 11.0 Å². The fourth-order valence-corrected chi connectivity index (χ4v) is 3.74. The molecule has 1 aliphatic heterocycles. The normalized spacial score (nSPS) is 16.9. The van der Waals surface area contributed by atoms with Crippen molar-refractivity contribution in [2.45, 2.75) is 26.7 Å². The van der Waals surface area contributed by atoms with E-state index in [1.807, 2.05) is 50.2 Å². The second-order valence-corrected chi connectivity index (χ2v) is 7.30. The van der Waals surface area contributed by atoms with Crippen LogP contribution >= 0.6 is 0 Å². The molecule has 1 atom stereocenters. The van der Waals surface area contributed by atoms with E-state index in [1.54, 1.807) is 11.0 Å². The highest BCUT2D eigenvalue weighted by Crippen LogP contribution is 2.27. The number of piperidine rings is 1. The zero-order valence-corrected chi connectivity index (χ0v) is 16.1. The number of nitrogens with zero attached hydrogens (tertiary/aromatic N) is 2. The summed E-state index contributed by atoms with van der Waals surface area (Å²) in [6.45, 7) is 4.79. The number of pyridine rings is 1. The summed E-state index contributed by atoms with van der Waals surface area (Å²) in [5.74, 6) is 0.394. The topological polar surface area (TPSA) is 75.4 Å². The molecule has 0 radical (unpaired) electrons. The molecule has 1 aromatic carbocycles. The Labute approximate surface area is 163 Å². The summed E-state index contributed by atoms with van der Waals surface area (Å²) < 4.78 is 5.82. The van der Waals surface area contributed by atoms with Crippen molar-refractivity contribution in [3.05, 3.63) is 59.5 Å². The first kappa shape index (κ1) is 18.2. The molecule has 4 rings (SSSR count). The summed E-state index contributed by atoms with van der Waals surface area (Å²) in [6.07, 6.45) is 1.53. The molecular formula is C22H23N3O3. The van der Waals surface area contributed by atoms with Gasteiger partial charge in [0.25, 0.3) is 5.91 Å². The molecule has 1 unspecified atom stereocenters. The van der Waals surface area contributed by atoms with Gasteiger partial charge in [0, 0.05) is 29.7 Å². The molecule has 6 nitrogen and oxygen atoms in total. The molecule has 0 aliphatic carbocycles. The number of rotatable bonds is 3. The van der Waals surface area contributed by atoms with Gasteiger partial charge in [0.1, 0.15) is 11.4 Å². The molecule has 2 aromatic heterocycles. The van der Waals surface area contributed by atoms with Crippen molar-refractivity contribution in [1.82, 2.24) is 9.88 Å². The van der Waals surface area contributed by atoms with Crippen LogP contribution in [0.1, 0.15) is 34.7 Å². The maximum atomic E-state index is 13.0. The molecule has 1 saturated heterocycles. The third kappa shape index (κ3) is 3.50. The van der Waals surface area contributed by atoms with E-state index in [9.17, 15) is 9.59 Å². The Morgan fingerprint density at radius 3 is 2.75 bits per heavy atom. The second kappa shape index (κ2) is 7.46. The van der Waals surface area contributed by atoms with Crippen LogP contribution in [0.5, 0.6) is 0 Å². The number of furan rings is 1. The molecule has 3 aromatic rings. The minimum absolute atomic E-state index is 0.100. The quantitative estimate of drug-likeness (QED) is 0.750. The second-order valence-electron chi connectivity index (χ2n) is 7.30. The van der Waals surface area contributed by atoms with Crippen LogP contribution in [0.4, 0.5) is 5.82 Å². The van der Waals surface area contributed by atoms with Crippen LogP contribution in [0, 0.1) is 19.8 Å². The van der Waals surface area contributed by atoms with E-state index in [0.29, 0.717) is 30.3 Å². The van der Waals surface area contributed by atoms with Gasteiger partial charge in [0.05, 0.1) is 5.92 Å². The molecule has 3 heterocycles. The molecule has 0 bridgehead atoms. The van der Waals surface area contributed by atoms with Crippen molar-refractivity contribution in [1.29, 1.82) is 0 Å². The average molecular weight is 377 g/mol. The highest BCUT2D eigenvalue weighted by molar-refractivity contribution is 5.99. The Balaban J connectivity index is 1.49. The molecule has 6 heteroatoms. The molecule has 2 amide bonds. The van der Waals surface area contributed by atoms with E-state index < -0.39 is 0 Å². The number of carbonyl (C=O) groups excluding carboxylic acids is 2. The van der Waals surface area contributed by atoms with Gasteiger partial charge >= 0.3 is 0 Å². The maximum Gasteiger partial charge on any atom is 0.289 e. The number of hydrogen-bond donors (Lipinski definition) is 1. The number of aryl methyl sites for hydroxylation is 2. The largest absolute Gasteiger partial charge is 0.451 e. The molecule has 1 N–H and O–H groups in total. The van der Waals surface area contributed by atoms with Crippen molar-refractivity contribution in [2.75, 3.05) is 18.4 Å². The summed E-state index contributed by atoms with van der Waals surface area (Å²) in [6, 6.07) is 13.1. The average Bonchev–Trinajstić information content (AvgIpc) is 3.04. The fraction of sp³-hybridized carbons (Fsp3) is 0.318. The van der Waals surface area contributed by atoms with E-state index in [1.165, 1.54) is 0 Å². The summed E-state index contributed by atoms with van der Waals surface area (Å²) in [5, 5.41) is 3.82. The van der Waals surface area contributed by atoms with E-state index in [0.717, 1.165) is 29.5 Å². The first-order valence-corrected chi connectivity index (χ1v) is 9.55. The smallest absolute Gasteiger partial charge is 0.289 e. The highest BCUT2D eigenvalue weighted by Gasteiger charge is 2.31. The Morgan fingerprint density at radius 1 is 1.14 bits per heavy atom. The first-order valence-electron chi connectivity index (χ1n) is 9.55. The maximum absolute atomic E-state index is 13.0. The Hall–Kier alpha value is -3.15. The van der Waals surface area contributed by atoms with Crippen molar-refractivity contribution < 1.29 is 14.0 Å². The van der Waals surface area contributed by atoms with Gasteiger partial charge in [0.2, 0.25) is 5.91 Å². The Bertz CT molecular complexity index is 1040. The molecule has 0 spiro atoms. The van der Waals surface area contributed by atoms with Gasteiger partial charge < -0.3 is 14.6 Å². The van der Waals surface area contributed by atoms with E-state index in [4.69, 9.17) is 4.42 Å². The van der Waals surface area contributed by atoms with Crippen molar-refractivity contribution in [2.24, 2.45) is 5.92 Å². The van der Waals surface area contributed by atoms with E-state index in [-0.39, 0.29) is 17.7 Å². The number of aromatic nitrogens is 1. The zero-order chi connectivity index (χ0) is 19.7. The highest BCUT2D eigenvalue weighted by atomic mass is 16.3. The van der Waals surface area contributed by atoms with Gasteiger partial charge in [-0.3, -0.25) is 9.59 Å². The summed E-state index contributed by atoms with van der Waals surface area (Å²) >= 11 is 0. The number of hydrogen-bond acceptors (Lipinski definition) is 4. The van der Waals surface area contributed by atoms with Crippen LogP contribution in [0.2, 0.25) is 0 Å². The van der Waals surface area contributed by atoms with Gasteiger partial charge in [-0.1, -0.05) is 24.3 Å². The molecule has 28 heavy (non-hydrogen) atoms. The molecular weight excluding hydrogens is 354 g/mol. The zero-order valence-electron chi connectivity index (χ0n) is 16.1. The number of nitrogens with one attached hydrogen (secondary N) is 1. The lowest BCUT2D eigenvalue weighted by atomic mass is 9.96. The van der Waals surface area contributed by atoms with Crippen molar-refractivity contribution in [3.63, 3.8) is 0 Å². The number of para-hydroxylation sites is 1. The molecule has 1 aliphatic rings. The van der Waals surface area contributed by atoms with Gasteiger partial charge in [-0.25, -0.2) is 4.98 Å². The van der Waals surface area contributed by atoms with Gasteiger partial charge in [-0.15, -0.1) is 0 Å². The summed E-state index contributed by atoms with van der Waals surface area (Å²) in [7, 11) is 0. The van der Waals surface area contributed by atoms with Gasteiger partial charge in [0.15, 0.2) is 5.76 Å². The molecule has 0 saturated carbocycles. The lowest BCUT2D eigenvalue weighted by Gasteiger charge is -2.31. The van der Waals surface area contributed by atoms with E-state index >= 15 is 0 Å². The SMILES string of the molecule is Cc1cccc(NC(=O)C2CCCN(C(=O)c3oc4ccccc4c3C)C2)n1. The third-order valence-corrected chi connectivity index (χ3v) is 5.26. The van der Waals surface area contributed by atoms with E-state index in [2.05, 4.69) is 10.3 Å². The molecule has 1 fully saturated rings. The Kier molecular flexibility index (Phi) is 4.86. The van der Waals surface area contributed by atoms with Crippen LogP contribution in [-0.2, 0) is 4.79 Å². The van der Waals surface area contributed by atoms with Crippen LogP contribution in [0.15, 0.2) is 46.9 Å². The Morgan fingerprint density at radius 2 is 1.96 bits per heavy atom. The standard InChI is InChI=1S/C22H23N3O3/c1-14-7-5-11-19(23-14)24-21(26)16-8-6-12-25(13-16)22(27)20-15(2)17-9-3-4-10-18(17)28-20/h3-5,7,9-11,16H,6,8,12-13H2,1-2H3,(H,23,24,26). The van der Waals surface area contributed by atoms with Gasteiger partial charge in [-0.05, 0) is 44.9 Å². The number of likely N-dealkylation sites (tertiary alicyclic amines) is 1. The number of fused-ring (bicyclic) bond motifs is 1. The van der Waals surface area contributed by atoms with Crippen LogP contribution in [-0.4, -0.2) is 34.8 Å². The van der Waals surface area contributed by atoms with Crippen LogP contribution < -0.4 is 5.32 Å². The lowest BCUT2D eigenvalue weighted by Crippen LogP contribution is -2.43. The predicted molar refractivity (Wildman–Crippen MR) is 107 cm³/mol. The number of amides is 2. The molecule has 144 valence electrons.